The van der Waals surface area contributed by atoms with Gasteiger partial charge in [0.2, 0.25) is 0 Å². The van der Waals surface area contributed by atoms with E-state index in [1.807, 2.05) is 4.90 Å². The van der Waals surface area contributed by atoms with Crippen LogP contribution in [0.15, 0.2) is 47.1 Å². The highest BCUT2D eigenvalue weighted by Crippen LogP contribution is 2.35. The van der Waals surface area contributed by atoms with Crippen LogP contribution in [0, 0.1) is 0 Å². The minimum atomic E-state index is -0.222. The molecule has 0 atom stereocenters. The van der Waals surface area contributed by atoms with Crippen LogP contribution in [0.5, 0.6) is 0 Å². The number of halogens is 1. The third-order valence-electron chi connectivity index (χ3n) is 5.79. The summed E-state index contributed by atoms with van der Waals surface area (Å²) in [5.74, 6) is 0.590. The van der Waals surface area contributed by atoms with Gasteiger partial charge < -0.3 is 19.5 Å². The molecular formula is C24H22ClN5O3. The van der Waals surface area contributed by atoms with E-state index in [4.69, 9.17) is 16.0 Å². The Morgan fingerprint density at radius 2 is 2.03 bits per heavy atom. The number of amides is 2. The predicted octanol–water partition coefficient (Wildman–Crippen LogP) is 3.66. The van der Waals surface area contributed by atoms with Gasteiger partial charge in [0, 0.05) is 35.9 Å². The highest BCUT2D eigenvalue weighted by Gasteiger charge is 2.25. The Balaban J connectivity index is 1.39. The number of carbonyl (C=O) groups excluding carboxylic acids is 2. The third kappa shape index (κ3) is 4.40. The van der Waals surface area contributed by atoms with Crippen LogP contribution in [-0.2, 0) is 4.79 Å². The van der Waals surface area contributed by atoms with Gasteiger partial charge in [-0.2, -0.15) is 0 Å². The van der Waals surface area contributed by atoms with Crippen LogP contribution in [0.2, 0.25) is 5.02 Å². The van der Waals surface area contributed by atoms with E-state index < -0.39 is 0 Å². The Kier molecular flexibility index (Phi) is 5.70. The summed E-state index contributed by atoms with van der Waals surface area (Å²) in [5, 5.41) is 3.36. The summed E-state index contributed by atoms with van der Waals surface area (Å²) in [6, 6.07) is 8.73. The molecule has 1 saturated heterocycles. The summed E-state index contributed by atoms with van der Waals surface area (Å²) in [6.07, 6.45) is 5.63. The maximum absolute atomic E-state index is 13.0. The lowest BCUT2D eigenvalue weighted by Crippen LogP contribution is -2.35. The zero-order valence-corrected chi connectivity index (χ0v) is 18.8. The second kappa shape index (κ2) is 8.80. The fraction of sp³-hybridized carbons (Fsp3) is 0.250. The van der Waals surface area contributed by atoms with Crippen molar-refractivity contribution in [2.45, 2.75) is 6.42 Å². The number of nitrogens with zero attached hydrogens (tertiary/aromatic N) is 4. The van der Waals surface area contributed by atoms with Crippen molar-refractivity contribution in [3.8, 4) is 11.5 Å². The largest absolute Gasteiger partial charge is 0.455 e. The lowest BCUT2D eigenvalue weighted by atomic mass is 10.1. The molecule has 2 aliphatic heterocycles. The molecule has 1 fully saturated rings. The molecule has 0 bridgehead atoms. The number of rotatable bonds is 3. The van der Waals surface area contributed by atoms with Gasteiger partial charge in [-0.05, 0) is 56.4 Å². The maximum Gasteiger partial charge on any atom is 0.274 e. The first-order valence-corrected chi connectivity index (χ1v) is 11.1. The van der Waals surface area contributed by atoms with Gasteiger partial charge in [-0.1, -0.05) is 11.6 Å². The van der Waals surface area contributed by atoms with Gasteiger partial charge in [0.1, 0.15) is 17.1 Å². The van der Waals surface area contributed by atoms with Crippen molar-refractivity contribution in [2.24, 2.45) is 0 Å². The molecule has 5 rings (SSSR count). The molecule has 0 radical (unpaired) electrons. The Morgan fingerprint density at radius 1 is 1.15 bits per heavy atom. The molecule has 2 aromatic heterocycles. The standard InChI is InChI=1S/C24H22ClN5O3/c1-29-7-2-8-30(10-9-29)24(32)21-14-26-13-20(27-21)22-6-4-16(33-22)12-18-17-11-15(25)3-5-19(17)28-23(18)31/h3-6,11-14H,2,7-10H2,1H3,(H,28,31)/b18-12+. The van der Waals surface area contributed by atoms with E-state index in [1.54, 1.807) is 42.6 Å². The molecule has 3 aromatic rings. The van der Waals surface area contributed by atoms with Crippen LogP contribution in [0.25, 0.3) is 23.1 Å². The van der Waals surface area contributed by atoms with E-state index in [-0.39, 0.29) is 17.5 Å². The summed E-state index contributed by atoms with van der Waals surface area (Å²) in [5.41, 5.74) is 2.64. The van der Waals surface area contributed by atoms with Crippen molar-refractivity contribution in [1.29, 1.82) is 0 Å². The van der Waals surface area contributed by atoms with Crippen LogP contribution < -0.4 is 5.32 Å². The SMILES string of the molecule is CN1CCCN(C(=O)c2cncc(-c3ccc(/C=C4/C(=O)Nc5ccc(Cl)cc54)o3)n2)CC1. The molecule has 0 aliphatic carbocycles. The molecule has 9 heteroatoms. The van der Waals surface area contributed by atoms with E-state index in [2.05, 4.69) is 27.2 Å². The zero-order chi connectivity index (χ0) is 22.9. The first kappa shape index (κ1) is 21.4. The second-order valence-electron chi connectivity index (χ2n) is 8.14. The Labute approximate surface area is 195 Å². The highest BCUT2D eigenvalue weighted by molar-refractivity contribution is 6.36. The van der Waals surface area contributed by atoms with Gasteiger partial charge in [0.25, 0.3) is 11.8 Å². The van der Waals surface area contributed by atoms with E-state index in [0.29, 0.717) is 46.6 Å². The molecule has 1 aromatic carbocycles. The van der Waals surface area contributed by atoms with Crippen molar-refractivity contribution in [1.82, 2.24) is 19.8 Å². The number of nitrogens with one attached hydrogen (secondary N) is 1. The van der Waals surface area contributed by atoms with Gasteiger partial charge >= 0.3 is 0 Å². The smallest absolute Gasteiger partial charge is 0.274 e. The summed E-state index contributed by atoms with van der Waals surface area (Å²) in [7, 11) is 2.06. The lowest BCUT2D eigenvalue weighted by Gasteiger charge is -2.20. The average Bonchev–Trinajstić information content (AvgIpc) is 3.33. The van der Waals surface area contributed by atoms with Gasteiger partial charge in [-0.3, -0.25) is 14.6 Å². The van der Waals surface area contributed by atoms with Crippen molar-refractivity contribution < 1.29 is 14.0 Å². The topological polar surface area (TPSA) is 91.6 Å². The van der Waals surface area contributed by atoms with Crippen LogP contribution in [0.3, 0.4) is 0 Å². The fourth-order valence-electron chi connectivity index (χ4n) is 4.01. The van der Waals surface area contributed by atoms with E-state index in [1.165, 1.54) is 6.20 Å². The first-order valence-electron chi connectivity index (χ1n) is 10.7. The van der Waals surface area contributed by atoms with E-state index in [9.17, 15) is 9.59 Å². The monoisotopic (exact) mass is 463 g/mol. The number of carbonyl (C=O) groups is 2. The first-order chi connectivity index (χ1) is 16.0. The Hall–Kier alpha value is -3.49. The molecule has 0 saturated carbocycles. The molecule has 168 valence electrons. The van der Waals surface area contributed by atoms with Gasteiger partial charge in [-0.15, -0.1) is 0 Å². The number of likely N-dealkylation sites (N-methyl/N-ethyl adjacent to an activating group) is 1. The number of aromatic nitrogens is 2. The highest BCUT2D eigenvalue weighted by atomic mass is 35.5. The lowest BCUT2D eigenvalue weighted by molar-refractivity contribution is -0.110. The van der Waals surface area contributed by atoms with Gasteiger partial charge in [0.15, 0.2) is 5.76 Å². The predicted molar refractivity (Wildman–Crippen MR) is 126 cm³/mol. The number of anilines is 1. The zero-order valence-electron chi connectivity index (χ0n) is 18.0. The van der Waals surface area contributed by atoms with Crippen molar-refractivity contribution >= 4 is 40.8 Å². The number of hydrogen-bond acceptors (Lipinski definition) is 6. The average molecular weight is 464 g/mol. The van der Waals surface area contributed by atoms with Crippen LogP contribution in [0.4, 0.5) is 5.69 Å². The van der Waals surface area contributed by atoms with Crippen LogP contribution >= 0.6 is 11.6 Å². The summed E-state index contributed by atoms with van der Waals surface area (Å²) in [4.78, 5) is 38.1. The Bertz CT molecular complexity index is 1270. The molecule has 2 aliphatic rings. The second-order valence-corrected chi connectivity index (χ2v) is 8.58. The van der Waals surface area contributed by atoms with Gasteiger partial charge in [0.05, 0.1) is 18.0 Å². The third-order valence-corrected chi connectivity index (χ3v) is 6.03. The van der Waals surface area contributed by atoms with Crippen molar-refractivity contribution in [3.63, 3.8) is 0 Å². The number of benzene rings is 1. The minimum absolute atomic E-state index is 0.135. The maximum atomic E-state index is 13.0. The molecule has 0 unspecified atom stereocenters. The Morgan fingerprint density at radius 3 is 2.91 bits per heavy atom. The fourth-order valence-corrected chi connectivity index (χ4v) is 4.19. The summed E-state index contributed by atoms with van der Waals surface area (Å²) in [6.45, 7) is 3.15. The quantitative estimate of drug-likeness (QED) is 0.596. The van der Waals surface area contributed by atoms with Crippen molar-refractivity contribution in [3.05, 3.63) is 64.8 Å². The minimum Gasteiger partial charge on any atom is -0.455 e. The van der Waals surface area contributed by atoms with Gasteiger partial charge in [-0.25, -0.2) is 4.98 Å². The molecule has 33 heavy (non-hydrogen) atoms. The van der Waals surface area contributed by atoms with Crippen molar-refractivity contribution in [2.75, 3.05) is 38.5 Å². The molecule has 0 spiro atoms. The summed E-state index contributed by atoms with van der Waals surface area (Å²) >= 11 is 6.10. The number of fused-ring (bicyclic) bond motifs is 1. The normalized spacial score (nSPS) is 17.7. The van der Waals surface area contributed by atoms with E-state index in [0.717, 1.165) is 25.1 Å². The van der Waals surface area contributed by atoms with Crippen LogP contribution in [0.1, 0.15) is 28.2 Å². The summed E-state index contributed by atoms with van der Waals surface area (Å²) < 4.78 is 5.92. The molecule has 4 heterocycles. The molecule has 8 nitrogen and oxygen atoms in total. The molecule has 1 N–H and O–H groups in total. The molecular weight excluding hydrogens is 442 g/mol. The van der Waals surface area contributed by atoms with Crippen LogP contribution in [-0.4, -0.2) is 64.8 Å². The number of hydrogen-bond donors (Lipinski definition) is 1. The van der Waals surface area contributed by atoms with E-state index >= 15 is 0 Å². The number of furan rings is 1. The molecule has 2 amide bonds.